The summed E-state index contributed by atoms with van der Waals surface area (Å²) in [7, 11) is 3.93. The van der Waals surface area contributed by atoms with E-state index in [1.165, 1.54) is 46.7 Å². The Balaban J connectivity index is 0. The topological polar surface area (TPSA) is 286 Å². The number of Topliss-reactive ketones (excluding diaryl/α,β-unsaturated/α-hetero) is 1. The summed E-state index contributed by atoms with van der Waals surface area (Å²) in [5, 5.41) is 61.1. The van der Waals surface area contributed by atoms with Crippen LogP contribution >= 0.6 is 0 Å². The minimum absolute atomic E-state index is 0. The number of nitrogens with two attached hydrogens (primary N) is 1. The van der Waals surface area contributed by atoms with Crippen LogP contribution in [0.5, 0.6) is 34.5 Å². The summed E-state index contributed by atoms with van der Waals surface area (Å²) in [6.45, 7) is 3.12. The molecule has 51 heavy (non-hydrogen) atoms. The number of nitrogen functional groups attached to an aromatic ring is 1. The standard InChI is InChI=1S/C11H12N2O5.C11H10N2O4.C7H8N2O4.3Ar/c1-7(14)3-4-12-8-5-10(15)11(18-2)6-9(8)13(16)17;1-6-3-4-12-10-7(13(15)16)5-8(17-2)11(14)9(6)10;1-13-7-3-5(9(11)12)4(8)2-6(7)10;;;/h4-6,15H,3H2,1-2H3;3-5,14H,1-2H3;2-3,10H,8H2,1H3;;;. The van der Waals surface area contributed by atoms with Gasteiger partial charge in [0.15, 0.2) is 40.0 Å². The Morgan fingerprint density at radius 2 is 1.29 bits per heavy atom. The molecule has 4 aromatic rings. The van der Waals surface area contributed by atoms with E-state index >= 15 is 0 Å². The number of fused-ring (bicyclic) bond motifs is 1. The minimum Gasteiger partial charge on any atom is -0.504 e. The number of non-ortho nitro benzene ring substituents is 1. The number of nitro benzene ring substituents is 3. The summed E-state index contributed by atoms with van der Waals surface area (Å²) in [6.07, 6.45) is 2.80. The van der Waals surface area contributed by atoms with Crippen LogP contribution in [0.25, 0.3) is 10.9 Å². The van der Waals surface area contributed by atoms with Gasteiger partial charge in [-0.1, -0.05) is 0 Å². The monoisotopic (exact) mass is 790 g/mol. The number of benzene rings is 3. The Hall–Kier alpha value is -3.01. The molecule has 278 valence electrons. The van der Waals surface area contributed by atoms with Crippen molar-refractivity contribution in [2.75, 3.05) is 27.1 Å². The fourth-order valence-electron chi connectivity index (χ4n) is 3.86. The molecular weight excluding hydrogens is 760 g/mol. The summed E-state index contributed by atoms with van der Waals surface area (Å²) >= 11 is 0. The van der Waals surface area contributed by atoms with E-state index in [9.17, 15) is 45.4 Å². The summed E-state index contributed by atoms with van der Waals surface area (Å²) in [5.74, 6) is -0.616. The van der Waals surface area contributed by atoms with Crippen LogP contribution in [-0.2, 0) is 4.79 Å². The maximum atomic E-state index is 10.9. The van der Waals surface area contributed by atoms with Gasteiger partial charge in [-0.2, -0.15) is 0 Å². The molecule has 0 amide bonds. The number of rotatable bonds is 9. The molecule has 5 N–H and O–H groups in total. The first kappa shape index (κ1) is 50.1. The molecule has 4 rings (SSSR count). The number of carbonyl (C=O) groups is 1. The number of pyridine rings is 1. The number of aryl methyl sites for hydroxylation is 1. The maximum Gasteiger partial charge on any atom is 0.299 e. The summed E-state index contributed by atoms with van der Waals surface area (Å²) in [6, 6.07) is 7.19. The van der Waals surface area contributed by atoms with Crippen molar-refractivity contribution in [2.45, 2.75) is 20.3 Å². The van der Waals surface area contributed by atoms with Gasteiger partial charge in [-0.05, 0) is 25.5 Å². The van der Waals surface area contributed by atoms with Gasteiger partial charge in [0.2, 0.25) is 0 Å². The molecule has 0 fully saturated rings. The van der Waals surface area contributed by atoms with Crippen LogP contribution in [0, 0.1) is 150 Å². The summed E-state index contributed by atoms with van der Waals surface area (Å²) < 4.78 is 14.4. The van der Waals surface area contributed by atoms with Crippen molar-refractivity contribution in [2.24, 2.45) is 4.99 Å². The molecule has 0 spiro atoms. The fraction of sp³-hybridized carbons (Fsp3) is 0.207. The zero-order chi connectivity index (χ0) is 36.3. The van der Waals surface area contributed by atoms with Crippen molar-refractivity contribution in [3.05, 3.63) is 78.5 Å². The Bertz CT molecular complexity index is 1910. The second-order valence-electron chi connectivity index (χ2n) is 9.38. The Morgan fingerprint density at radius 3 is 1.76 bits per heavy atom. The van der Waals surface area contributed by atoms with Crippen LogP contribution in [0.1, 0.15) is 18.9 Å². The van der Waals surface area contributed by atoms with Gasteiger partial charge in [0.1, 0.15) is 17.2 Å². The number of hydrogen-bond donors (Lipinski definition) is 4. The van der Waals surface area contributed by atoms with E-state index in [-0.39, 0.29) is 194 Å². The number of phenols is 3. The molecule has 0 aliphatic heterocycles. The average Bonchev–Trinajstić information content (AvgIpc) is 3.01. The second kappa shape index (κ2) is 23.5. The van der Waals surface area contributed by atoms with Crippen molar-refractivity contribution in [3.8, 4) is 34.5 Å². The second-order valence-corrected chi connectivity index (χ2v) is 9.38. The Morgan fingerprint density at radius 1 is 0.824 bits per heavy atom. The first-order valence-corrected chi connectivity index (χ1v) is 13.3. The van der Waals surface area contributed by atoms with Crippen molar-refractivity contribution < 1.29 is 162 Å². The number of ether oxygens (including phenoxy) is 3. The number of hydrogen-bond acceptors (Lipinski definition) is 16. The largest absolute Gasteiger partial charge is 0.504 e. The maximum absolute atomic E-state index is 10.9. The number of phenolic OH excluding ortho intramolecular Hbond substituents is 3. The number of aromatic hydroxyl groups is 3. The van der Waals surface area contributed by atoms with Crippen molar-refractivity contribution in [3.63, 3.8) is 0 Å². The molecule has 0 aliphatic carbocycles. The Kier molecular flexibility index (Phi) is 23.1. The molecule has 0 aliphatic rings. The van der Waals surface area contributed by atoms with E-state index < -0.39 is 14.8 Å². The van der Waals surface area contributed by atoms with Crippen molar-refractivity contribution in [1.82, 2.24) is 4.98 Å². The molecule has 0 unspecified atom stereocenters. The number of methoxy groups -OCH3 is 3. The fourth-order valence-corrected chi connectivity index (χ4v) is 3.86. The molecule has 1 aromatic heterocycles. The molecule has 0 bridgehead atoms. The van der Waals surface area contributed by atoms with Crippen LogP contribution in [0.3, 0.4) is 0 Å². The average molecular weight is 790 g/mol. The van der Waals surface area contributed by atoms with Crippen molar-refractivity contribution >= 4 is 51.3 Å². The predicted octanol–water partition coefficient (Wildman–Crippen LogP) is 5.05. The van der Waals surface area contributed by atoms with E-state index in [4.69, 9.17) is 20.3 Å². The van der Waals surface area contributed by atoms with Crippen LogP contribution < -0.4 is 19.9 Å². The smallest absolute Gasteiger partial charge is 0.299 e. The Labute approximate surface area is 379 Å². The molecule has 1 heterocycles. The molecule has 0 atom stereocenters. The van der Waals surface area contributed by atoms with Crippen LogP contribution in [-0.4, -0.2) is 68.4 Å². The van der Waals surface area contributed by atoms with Gasteiger partial charge >= 0.3 is 0 Å². The minimum atomic E-state index is -0.642. The van der Waals surface area contributed by atoms with E-state index in [0.29, 0.717) is 10.9 Å². The van der Waals surface area contributed by atoms with E-state index in [1.807, 2.05) is 0 Å². The van der Waals surface area contributed by atoms with E-state index in [0.717, 1.165) is 24.3 Å². The van der Waals surface area contributed by atoms with Gasteiger partial charge in [0.05, 0.1) is 59.7 Å². The van der Waals surface area contributed by atoms with Crippen LogP contribution in [0.4, 0.5) is 28.4 Å². The quantitative estimate of drug-likeness (QED) is 0.0747. The normalized spacial score (nSPS) is 9.67. The van der Waals surface area contributed by atoms with Crippen LogP contribution in [0.2, 0.25) is 0 Å². The molecule has 0 saturated heterocycles. The van der Waals surface area contributed by atoms with E-state index in [2.05, 4.69) is 14.7 Å². The number of aromatic nitrogens is 1. The molecule has 0 radical (unpaired) electrons. The number of nitro groups is 3. The molecule has 22 heteroatoms. The molecule has 19 nitrogen and oxygen atoms in total. The summed E-state index contributed by atoms with van der Waals surface area (Å²) in [5.41, 5.74) is 5.26. The molecular formula is C29H30Ar3N6O13. The van der Waals surface area contributed by atoms with Crippen molar-refractivity contribution in [1.29, 1.82) is 0 Å². The van der Waals surface area contributed by atoms with Crippen LogP contribution in [0.15, 0.2) is 47.6 Å². The molecule has 0 saturated carbocycles. The number of anilines is 1. The third-order valence-corrected chi connectivity index (χ3v) is 6.16. The number of nitrogens with zero attached hydrogens (tertiary/aromatic N) is 5. The third-order valence-electron chi connectivity index (χ3n) is 6.16. The zero-order valence-corrected chi connectivity index (χ0v) is 29.2. The number of ketones is 1. The van der Waals surface area contributed by atoms with E-state index in [1.54, 1.807) is 13.0 Å². The number of aliphatic imine (C=N–C) groups is 1. The van der Waals surface area contributed by atoms with Gasteiger partial charge in [0, 0.05) is 144 Å². The molecule has 3 aromatic carbocycles. The van der Waals surface area contributed by atoms with Gasteiger partial charge in [-0.15, -0.1) is 0 Å². The third kappa shape index (κ3) is 13.8. The SMILES string of the molecule is COc1cc([N+](=O)[O-])c(N)cc1O.COc1cc([N+](=O)[O-])c(N=CCC(C)=O)cc1O.COc1cc([N+](=O)[O-])c2nccc(C)c2c1O.[Ar].[Ar].[Ar]. The van der Waals surface area contributed by atoms with Gasteiger partial charge in [0.25, 0.3) is 17.1 Å². The first-order chi connectivity index (χ1) is 22.6. The zero-order valence-electron chi connectivity index (χ0n) is 27.1. The van der Waals surface area contributed by atoms with Gasteiger partial charge < -0.3 is 35.3 Å². The first-order valence-electron chi connectivity index (χ1n) is 13.3. The predicted molar refractivity (Wildman–Crippen MR) is 172 cm³/mol. The van der Waals surface area contributed by atoms with Gasteiger partial charge in [-0.3, -0.25) is 40.1 Å². The number of carbonyl (C=O) groups excluding carboxylic acids is 1. The summed E-state index contributed by atoms with van der Waals surface area (Å²) in [4.78, 5) is 48.8. The van der Waals surface area contributed by atoms with Gasteiger partial charge in [-0.25, -0.2) is 4.98 Å².